The fourth-order valence-electron chi connectivity index (χ4n) is 1.52. The molecule has 0 saturated heterocycles. The summed E-state index contributed by atoms with van der Waals surface area (Å²) in [5.41, 5.74) is 0.895. The van der Waals surface area contributed by atoms with Crippen LogP contribution in [0.15, 0.2) is 42.6 Å². The minimum absolute atomic E-state index is 0.0816. The Kier molecular flexibility index (Phi) is 4.33. The number of benzene rings is 1. The maximum absolute atomic E-state index is 11.5. The number of carbonyl (C=O) groups is 2. The molecular weight excluding hydrogens is 258 g/mol. The van der Waals surface area contributed by atoms with Gasteiger partial charge in [0.2, 0.25) is 5.91 Å². The molecule has 0 saturated carbocycles. The van der Waals surface area contributed by atoms with E-state index in [1.807, 2.05) is 30.3 Å². The minimum Gasteiger partial charge on any atom is -0.358 e. The van der Waals surface area contributed by atoms with Gasteiger partial charge in [0.15, 0.2) is 5.82 Å². The van der Waals surface area contributed by atoms with Crippen LogP contribution in [0.3, 0.4) is 0 Å². The zero-order valence-electron chi connectivity index (χ0n) is 11.0. The molecule has 0 aliphatic heterocycles. The van der Waals surface area contributed by atoms with Gasteiger partial charge in [0.25, 0.3) is 0 Å². The van der Waals surface area contributed by atoms with Crippen molar-refractivity contribution in [1.29, 1.82) is 0 Å². The van der Waals surface area contributed by atoms with Gasteiger partial charge >= 0.3 is 6.03 Å². The van der Waals surface area contributed by atoms with Crippen LogP contribution in [0.1, 0.15) is 0 Å². The maximum atomic E-state index is 11.5. The highest BCUT2D eigenvalue weighted by atomic mass is 16.2. The molecule has 0 fully saturated rings. The highest BCUT2D eigenvalue weighted by Crippen LogP contribution is 2.09. The number of carbonyl (C=O) groups excluding carboxylic acids is 2. The van der Waals surface area contributed by atoms with Crippen molar-refractivity contribution in [2.75, 3.05) is 18.9 Å². The number of urea groups is 1. The largest absolute Gasteiger partial charge is 0.358 e. The summed E-state index contributed by atoms with van der Waals surface area (Å²) >= 11 is 0. The molecule has 7 nitrogen and oxygen atoms in total. The van der Waals surface area contributed by atoms with Gasteiger partial charge in [-0.25, -0.2) is 9.48 Å². The lowest BCUT2D eigenvalue weighted by atomic mass is 10.3. The molecule has 3 N–H and O–H groups in total. The molecule has 0 aliphatic rings. The quantitative estimate of drug-likeness (QED) is 0.767. The van der Waals surface area contributed by atoms with Crippen LogP contribution in [0.2, 0.25) is 0 Å². The van der Waals surface area contributed by atoms with Crippen molar-refractivity contribution in [3.63, 3.8) is 0 Å². The minimum atomic E-state index is -0.480. The van der Waals surface area contributed by atoms with E-state index in [-0.39, 0.29) is 12.5 Å². The van der Waals surface area contributed by atoms with Crippen molar-refractivity contribution < 1.29 is 9.59 Å². The van der Waals surface area contributed by atoms with Crippen LogP contribution in [0.4, 0.5) is 10.6 Å². The van der Waals surface area contributed by atoms with Gasteiger partial charge < -0.3 is 10.6 Å². The molecule has 1 aromatic heterocycles. The van der Waals surface area contributed by atoms with Crippen LogP contribution in [-0.4, -0.2) is 35.3 Å². The van der Waals surface area contributed by atoms with Crippen molar-refractivity contribution in [3.05, 3.63) is 42.6 Å². The number of hydrogen-bond donors (Lipinski definition) is 3. The van der Waals surface area contributed by atoms with Gasteiger partial charge in [-0.1, -0.05) is 18.2 Å². The van der Waals surface area contributed by atoms with E-state index in [1.165, 1.54) is 7.05 Å². The molecule has 104 valence electrons. The van der Waals surface area contributed by atoms with E-state index in [1.54, 1.807) is 16.9 Å². The molecule has 0 aliphatic carbocycles. The third kappa shape index (κ3) is 3.58. The lowest BCUT2D eigenvalue weighted by Crippen LogP contribution is -2.37. The van der Waals surface area contributed by atoms with Crippen LogP contribution in [0, 0.1) is 0 Å². The second-order valence-corrected chi connectivity index (χ2v) is 3.96. The van der Waals surface area contributed by atoms with Crippen LogP contribution in [0.25, 0.3) is 5.69 Å². The summed E-state index contributed by atoms with van der Waals surface area (Å²) in [6.45, 7) is -0.0816. The molecule has 0 spiro atoms. The average molecular weight is 273 g/mol. The van der Waals surface area contributed by atoms with Crippen LogP contribution < -0.4 is 16.0 Å². The number of hydrogen-bond acceptors (Lipinski definition) is 3. The standard InChI is InChI=1S/C13H15N5O2/c1-14-12(19)9-15-13(20)16-11-7-8-18(17-11)10-5-3-2-4-6-10/h2-8H,9H2,1H3,(H,14,19)(H2,15,16,17,20). The number of aromatic nitrogens is 2. The Balaban J connectivity index is 1.93. The second-order valence-electron chi connectivity index (χ2n) is 3.96. The first-order chi connectivity index (χ1) is 9.69. The number of nitrogens with one attached hydrogen (secondary N) is 3. The summed E-state index contributed by atoms with van der Waals surface area (Å²) < 4.78 is 1.65. The monoisotopic (exact) mass is 273 g/mol. The fourth-order valence-corrected chi connectivity index (χ4v) is 1.52. The van der Waals surface area contributed by atoms with E-state index in [4.69, 9.17) is 0 Å². The molecule has 7 heteroatoms. The van der Waals surface area contributed by atoms with Gasteiger partial charge in [-0.2, -0.15) is 0 Å². The predicted molar refractivity (Wildman–Crippen MR) is 74.7 cm³/mol. The Morgan fingerprint density at radius 1 is 1.20 bits per heavy atom. The summed E-state index contributed by atoms with van der Waals surface area (Å²) in [5.74, 6) is 0.137. The molecule has 1 aromatic carbocycles. The van der Waals surface area contributed by atoms with E-state index in [0.717, 1.165) is 5.69 Å². The molecule has 20 heavy (non-hydrogen) atoms. The SMILES string of the molecule is CNC(=O)CNC(=O)Nc1ccn(-c2ccccc2)n1. The topological polar surface area (TPSA) is 88.0 Å². The van der Waals surface area contributed by atoms with Crippen molar-refractivity contribution >= 4 is 17.8 Å². The number of likely N-dealkylation sites (N-methyl/N-ethyl adjacent to an activating group) is 1. The van der Waals surface area contributed by atoms with Crippen LogP contribution >= 0.6 is 0 Å². The van der Waals surface area contributed by atoms with Gasteiger partial charge in [0, 0.05) is 19.3 Å². The van der Waals surface area contributed by atoms with E-state index >= 15 is 0 Å². The Bertz CT molecular complexity index is 594. The predicted octanol–water partition coefficient (Wildman–Crippen LogP) is 0.740. The first-order valence-corrected chi connectivity index (χ1v) is 6.05. The van der Waals surface area contributed by atoms with Gasteiger partial charge in [-0.05, 0) is 12.1 Å². The Labute approximate surface area is 116 Å². The van der Waals surface area contributed by atoms with E-state index in [9.17, 15) is 9.59 Å². The number of amides is 3. The molecule has 1 heterocycles. The van der Waals surface area contributed by atoms with Crippen molar-refractivity contribution in [2.45, 2.75) is 0 Å². The fraction of sp³-hybridized carbons (Fsp3) is 0.154. The average Bonchev–Trinajstić information content (AvgIpc) is 2.94. The third-order valence-electron chi connectivity index (χ3n) is 2.54. The van der Waals surface area contributed by atoms with Crippen LogP contribution in [-0.2, 0) is 4.79 Å². The smallest absolute Gasteiger partial charge is 0.320 e. The Morgan fingerprint density at radius 3 is 2.65 bits per heavy atom. The van der Waals surface area contributed by atoms with Crippen molar-refractivity contribution in [2.24, 2.45) is 0 Å². The summed E-state index contributed by atoms with van der Waals surface area (Å²) in [6, 6.07) is 10.7. The molecule has 0 radical (unpaired) electrons. The molecule has 0 bridgehead atoms. The summed E-state index contributed by atoms with van der Waals surface area (Å²) in [6.07, 6.45) is 1.74. The lowest BCUT2D eigenvalue weighted by Gasteiger charge is -2.04. The lowest BCUT2D eigenvalue weighted by molar-refractivity contribution is -0.119. The first-order valence-electron chi connectivity index (χ1n) is 6.05. The van der Waals surface area contributed by atoms with E-state index in [2.05, 4.69) is 21.0 Å². The number of rotatable bonds is 4. The molecule has 0 unspecified atom stereocenters. The second kappa shape index (κ2) is 6.37. The van der Waals surface area contributed by atoms with Crippen molar-refractivity contribution in [1.82, 2.24) is 20.4 Å². The number of anilines is 1. The van der Waals surface area contributed by atoms with E-state index in [0.29, 0.717) is 5.82 Å². The zero-order valence-corrected chi connectivity index (χ0v) is 11.0. The number of para-hydroxylation sites is 1. The third-order valence-corrected chi connectivity index (χ3v) is 2.54. The highest BCUT2D eigenvalue weighted by molar-refractivity contribution is 5.91. The maximum Gasteiger partial charge on any atom is 0.320 e. The molecular formula is C13H15N5O2. The van der Waals surface area contributed by atoms with Gasteiger partial charge in [0.05, 0.1) is 12.2 Å². The summed E-state index contributed by atoms with van der Waals surface area (Å²) in [4.78, 5) is 22.5. The molecule has 0 atom stereocenters. The first kappa shape index (κ1) is 13.6. The summed E-state index contributed by atoms with van der Waals surface area (Å²) in [7, 11) is 1.50. The zero-order chi connectivity index (χ0) is 14.4. The molecule has 3 amide bonds. The van der Waals surface area contributed by atoms with Crippen molar-refractivity contribution in [3.8, 4) is 5.69 Å². The van der Waals surface area contributed by atoms with Gasteiger partial charge in [-0.15, -0.1) is 5.10 Å². The molecule has 2 aromatic rings. The van der Waals surface area contributed by atoms with Gasteiger partial charge in [-0.3, -0.25) is 10.1 Å². The Morgan fingerprint density at radius 2 is 1.95 bits per heavy atom. The van der Waals surface area contributed by atoms with E-state index < -0.39 is 6.03 Å². The highest BCUT2D eigenvalue weighted by Gasteiger charge is 2.06. The normalized spacial score (nSPS) is 9.85. The van der Waals surface area contributed by atoms with Gasteiger partial charge in [0.1, 0.15) is 0 Å². The molecule has 2 rings (SSSR count). The Hall–Kier alpha value is -2.83. The summed E-state index contributed by atoms with van der Waals surface area (Å²) in [5, 5.41) is 11.6. The van der Waals surface area contributed by atoms with Crippen LogP contribution in [0.5, 0.6) is 0 Å². The number of nitrogens with zero attached hydrogens (tertiary/aromatic N) is 2.